The second kappa shape index (κ2) is 10.9. The van der Waals surface area contributed by atoms with Crippen LogP contribution in [0.15, 0.2) is 24.3 Å². The molecule has 2 rings (SSSR count). The molecule has 0 bridgehead atoms. The van der Waals surface area contributed by atoms with Gasteiger partial charge in [-0.2, -0.15) is 0 Å². The van der Waals surface area contributed by atoms with Crippen molar-refractivity contribution < 1.29 is 4.79 Å². The minimum Gasteiger partial charge on any atom is -0.326 e. The molecule has 0 saturated carbocycles. The first kappa shape index (κ1) is 22.2. The maximum absolute atomic E-state index is 11.1. The van der Waals surface area contributed by atoms with Gasteiger partial charge in [0, 0.05) is 44.8 Å². The van der Waals surface area contributed by atoms with Gasteiger partial charge in [-0.05, 0) is 23.6 Å². The van der Waals surface area contributed by atoms with E-state index in [4.69, 9.17) is 0 Å². The van der Waals surface area contributed by atoms with E-state index < -0.39 is 0 Å². The molecule has 1 heterocycles. The van der Waals surface area contributed by atoms with Crippen LogP contribution in [-0.2, 0) is 4.79 Å². The summed E-state index contributed by atoms with van der Waals surface area (Å²) in [5, 5.41) is 6.25. The summed E-state index contributed by atoms with van der Waals surface area (Å²) in [5.41, 5.74) is 2.22. The minimum atomic E-state index is -0.0247. The minimum absolute atomic E-state index is 0. The van der Waals surface area contributed by atoms with Gasteiger partial charge >= 0.3 is 0 Å². The normalized spacial score (nSPS) is 17.3. The molecule has 23 heavy (non-hydrogen) atoms. The summed E-state index contributed by atoms with van der Waals surface area (Å²) in [6, 6.07) is 8.79. The number of hydrogen-bond acceptors (Lipinski definition) is 3. The largest absolute Gasteiger partial charge is 0.326 e. The van der Waals surface area contributed by atoms with Crippen molar-refractivity contribution in [2.45, 2.75) is 33.2 Å². The van der Waals surface area contributed by atoms with Gasteiger partial charge in [0.1, 0.15) is 0 Å². The Bertz CT molecular complexity index is 461. The lowest BCUT2D eigenvalue weighted by Gasteiger charge is -2.38. The number of benzene rings is 1. The first-order valence-corrected chi connectivity index (χ1v) is 7.94. The third-order valence-corrected chi connectivity index (χ3v) is 4.30. The number of carbonyl (C=O) groups is 1. The topological polar surface area (TPSA) is 44.4 Å². The highest BCUT2D eigenvalue weighted by molar-refractivity contribution is 5.88. The van der Waals surface area contributed by atoms with E-state index in [1.165, 1.54) is 18.9 Å². The van der Waals surface area contributed by atoms with Crippen LogP contribution in [0.4, 0.5) is 5.69 Å². The van der Waals surface area contributed by atoms with E-state index in [2.05, 4.69) is 41.5 Å². The first-order chi connectivity index (χ1) is 10.1. The summed E-state index contributed by atoms with van der Waals surface area (Å²) >= 11 is 0. The molecule has 1 amide bonds. The van der Waals surface area contributed by atoms with Gasteiger partial charge in [0.05, 0.1) is 0 Å². The predicted octanol–water partition coefficient (Wildman–Crippen LogP) is 3.48. The number of nitrogens with zero attached hydrogens (tertiary/aromatic N) is 1. The highest BCUT2D eigenvalue weighted by atomic mass is 35.5. The maximum atomic E-state index is 11.1. The zero-order chi connectivity index (χ0) is 15.2. The average Bonchev–Trinajstić information content (AvgIpc) is 2.49. The van der Waals surface area contributed by atoms with Gasteiger partial charge in [-0.3, -0.25) is 9.69 Å². The lowest BCUT2D eigenvalue weighted by Crippen LogP contribution is -2.46. The van der Waals surface area contributed by atoms with E-state index in [1.807, 2.05) is 12.1 Å². The van der Waals surface area contributed by atoms with Crippen molar-refractivity contribution in [2.24, 2.45) is 5.92 Å². The number of rotatable bonds is 5. The lowest BCUT2D eigenvalue weighted by atomic mass is 9.90. The molecule has 6 heteroatoms. The number of halogens is 2. The molecule has 1 aliphatic heterocycles. The van der Waals surface area contributed by atoms with Gasteiger partial charge in [0.2, 0.25) is 5.91 Å². The molecule has 1 saturated heterocycles. The van der Waals surface area contributed by atoms with Crippen LogP contribution in [0.1, 0.15) is 38.8 Å². The Hall–Kier alpha value is -0.810. The number of carbonyl (C=O) groups excluding carboxylic acids is 1. The standard InChI is InChI=1S/C17H27N3O.2ClH/c1-4-13(2)17(20-11-9-18-10-12-20)15-5-7-16(8-6-15)19-14(3)21;;/h5-8,13,17-18H,4,9-12H2,1-3H3,(H,19,21);2*1H/t13?,17-;;/m0../s1. The fourth-order valence-electron chi connectivity index (χ4n) is 3.05. The number of piperazine rings is 1. The lowest BCUT2D eigenvalue weighted by molar-refractivity contribution is -0.114. The number of amides is 1. The van der Waals surface area contributed by atoms with Gasteiger partial charge < -0.3 is 10.6 Å². The number of hydrogen-bond donors (Lipinski definition) is 2. The van der Waals surface area contributed by atoms with Crippen molar-refractivity contribution >= 4 is 36.4 Å². The summed E-state index contributed by atoms with van der Waals surface area (Å²) in [6.45, 7) is 10.5. The number of anilines is 1. The third kappa shape index (κ3) is 6.30. The van der Waals surface area contributed by atoms with Crippen LogP contribution < -0.4 is 10.6 Å². The van der Waals surface area contributed by atoms with Crippen molar-refractivity contribution in [2.75, 3.05) is 31.5 Å². The van der Waals surface area contributed by atoms with E-state index >= 15 is 0 Å². The van der Waals surface area contributed by atoms with Crippen molar-refractivity contribution in [3.8, 4) is 0 Å². The van der Waals surface area contributed by atoms with E-state index in [-0.39, 0.29) is 30.7 Å². The summed E-state index contributed by atoms with van der Waals surface area (Å²) in [7, 11) is 0. The monoisotopic (exact) mass is 361 g/mol. The number of nitrogens with one attached hydrogen (secondary N) is 2. The molecule has 1 aliphatic rings. The van der Waals surface area contributed by atoms with Crippen LogP contribution >= 0.6 is 24.8 Å². The maximum Gasteiger partial charge on any atom is 0.221 e. The Morgan fingerprint density at radius 2 is 1.78 bits per heavy atom. The van der Waals surface area contributed by atoms with Crippen molar-refractivity contribution in [3.63, 3.8) is 0 Å². The molecule has 1 aromatic carbocycles. The summed E-state index contributed by atoms with van der Waals surface area (Å²) in [6.07, 6.45) is 1.17. The molecule has 1 fully saturated rings. The van der Waals surface area contributed by atoms with Crippen molar-refractivity contribution in [1.82, 2.24) is 10.2 Å². The fraction of sp³-hybridized carbons (Fsp3) is 0.588. The molecule has 0 radical (unpaired) electrons. The molecular formula is C17H29Cl2N3O. The van der Waals surface area contributed by atoms with Crippen LogP contribution in [0, 0.1) is 5.92 Å². The molecule has 4 nitrogen and oxygen atoms in total. The van der Waals surface area contributed by atoms with Gasteiger partial charge in [-0.15, -0.1) is 24.8 Å². The summed E-state index contributed by atoms with van der Waals surface area (Å²) in [4.78, 5) is 13.7. The highest BCUT2D eigenvalue weighted by Crippen LogP contribution is 2.31. The molecule has 132 valence electrons. The van der Waals surface area contributed by atoms with Crippen LogP contribution in [0.5, 0.6) is 0 Å². The zero-order valence-corrected chi connectivity index (χ0v) is 15.8. The van der Waals surface area contributed by atoms with E-state index in [0.717, 1.165) is 31.9 Å². The van der Waals surface area contributed by atoms with E-state index in [0.29, 0.717) is 12.0 Å². The zero-order valence-electron chi connectivity index (χ0n) is 14.2. The molecule has 1 aromatic rings. The van der Waals surface area contributed by atoms with Crippen molar-refractivity contribution in [1.29, 1.82) is 0 Å². The van der Waals surface area contributed by atoms with Gasteiger partial charge in [0.25, 0.3) is 0 Å². The molecule has 0 aliphatic carbocycles. The van der Waals surface area contributed by atoms with Crippen LogP contribution in [0.3, 0.4) is 0 Å². The third-order valence-electron chi connectivity index (χ3n) is 4.30. The molecule has 2 atom stereocenters. The Morgan fingerprint density at radius 1 is 1.22 bits per heavy atom. The molecule has 0 aromatic heterocycles. The fourth-order valence-corrected chi connectivity index (χ4v) is 3.05. The van der Waals surface area contributed by atoms with E-state index in [9.17, 15) is 4.79 Å². The molecule has 1 unspecified atom stereocenters. The Morgan fingerprint density at radius 3 is 2.26 bits per heavy atom. The highest BCUT2D eigenvalue weighted by Gasteiger charge is 2.26. The molecule has 2 N–H and O–H groups in total. The molecular weight excluding hydrogens is 333 g/mol. The van der Waals surface area contributed by atoms with E-state index in [1.54, 1.807) is 0 Å². The first-order valence-electron chi connectivity index (χ1n) is 7.94. The van der Waals surface area contributed by atoms with Crippen LogP contribution in [-0.4, -0.2) is 37.0 Å². The quantitative estimate of drug-likeness (QED) is 0.843. The second-order valence-corrected chi connectivity index (χ2v) is 5.92. The van der Waals surface area contributed by atoms with Crippen LogP contribution in [0.25, 0.3) is 0 Å². The van der Waals surface area contributed by atoms with Gasteiger partial charge in [-0.1, -0.05) is 32.4 Å². The van der Waals surface area contributed by atoms with Crippen LogP contribution in [0.2, 0.25) is 0 Å². The van der Waals surface area contributed by atoms with Crippen molar-refractivity contribution in [3.05, 3.63) is 29.8 Å². The average molecular weight is 362 g/mol. The predicted molar refractivity (Wildman–Crippen MR) is 102 cm³/mol. The Balaban J connectivity index is 0.00000242. The van der Waals surface area contributed by atoms with Gasteiger partial charge in [0.15, 0.2) is 0 Å². The summed E-state index contributed by atoms with van der Waals surface area (Å²) < 4.78 is 0. The second-order valence-electron chi connectivity index (χ2n) is 5.92. The summed E-state index contributed by atoms with van der Waals surface area (Å²) in [5.74, 6) is 0.595. The van der Waals surface area contributed by atoms with Gasteiger partial charge in [-0.25, -0.2) is 0 Å². The Kier molecular flexibility index (Phi) is 10.5. The molecule has 0 spiro atoms. The Labute approximate surface area is 152 Å². The SMILES string of the molecule is CCC(C)[C@@H](c1ccc(NC(C)=O)cc1)N1CCNCC1.Cl.Cl. The smallest absolute Gasteiger partial charge is 0.221 e.